The molecule has 0 radical (unpaired) electrons. The van der Waals surface area contributed by atoms with Crippen molar-refractivity contribution in [1.82, 2.24) is 4.90 Å². The maximum absolute atomic E-state index is 6.15. The highest BCUT2D eigenvalue weighted by molar-refractivity contribution is 14.0. The fourth-order valence-electron chi connectivity index (χ4n) is 2.73. The number of hydrogen-bond donors (Lipinski definition) is 1. The van der Waals surface area contributed by atoms with E-state index in [4.69, 9.17) is 19.9 Å². The van der Waals surface area contributed by atoms with Crippen LogP contribution in [-0.4, -0.2) is 45.3 Å². The van der Waals surface area contributed by atoms with Gasteiger partial charge in [-0.1, -0.05) is 6.92 Å². The van der Waals surface area contributed by atoms with Gasteiger partial charge in [-0.2, -0.15) is 0 Å². The summed E-state index contributed by atoms with van der Waals surface area (Å²) in [4.78, 5) is 6.68. The molecule has 1 aliphatic heterocycles. The maximum Gasteiger partial charge on any atom is 0.191 e. The molecule has 1 aromatic rings. The smallest absolute Gasteiger partial charge is 0.191 e. The van der Waals surface area contributed by atoms with Gasteiger partial charge in [-0.05, 0) is 18.8 Å². The Hall–Kier alpha value is -1.38. The Bertz CT molecular complexity index is 533. The molecule has 7 heteroatoms. The maximum atomic E-state index is 6.15. The molecule has 0 atom stereocenters. The quantitative estimate of drug-likeness (QED) is 0.426. The van der Waals surface area contributed by atoms with Gasteiger partial charge in [-0.25, -0.2) is 4.99 Å². The van der Waals surface area contributed by atoms with Gasteiger partial charge in [0.05, 0.1) is 33.4 Å². The van der Waals surface area contributed by atoms with Crippen LogP contribution >= 0.6 is 24.0 Å². The lowest BCUT2D eigenvalue weighted by Gasteiger charge is -2.31. The molecule has 136 valence electrons. The molecular formula is C17H28IN3O3. The normalized spacial score (nSPS) is 15.7. The largest absolute Gasteiger partial charge is 0.496 e. The van der Waals surface area contributed by atoms with Gasteiger partial charge >= 0.3 is 0 Å². The number of nitrogens with two attached hydrogens (primary N) is 1. The molecule has 0 spiro atoms. The number of guanidine groups is 1. The predicted octanol–water partition coefficient (Wildman–Crippen LogP) is 2.88. The van der Waals surface area contributed by atoms with Crippen LogP contribution in [0.1, 0.15) is 25.3 Å². The number of rotatable bonds is 5. The Morgan fingerprint density at radius 2 is 1.67 bits per heavy atom. The molecule has 0 aromatic heterocycles. The summed E-state index contributed by atoms with van der Waals surface area (Å²) in [6.45, 7) is 4.62. The van der Waals surface area contributed by atoms with Gasteiger partial charge in [0.15, 0.2) is 5.96 Å². The summed E-state index contributed by atoms with van der Waals surface area (Å²) in [6, 6.07) is 3.65. The van der Waals surface area contributed by atoms with Crippen LogP contribution in [-0.2, 0) is 6.54 Å². The van der Waals surface area contributed by atoms with Crippen LogP contribution in [0.25, 0.3) is 0 Å². The molecule has 0 bridgehead atoms. The first-order chi connectivity index (χ1) is 11.1. The van der Waals surface area contributed by atoms with Crippen molar-refractivity contribution in [2.75, 3.05) is 34.4 Å². The van der Waals surface area contributed by atoms with Crippen LogP contribution in [0, 0.1) is 5.92 Å². The minimum Gasteiger partial charge on any atom is -0.496 e. The molecule has 0 saturated carbocycles. The molecule has 2 rings (SSSR count). The van der Waals surface area contributed by atoms with Crippen molar-refractivity contribution < 1.29 is 14.2 Å². The fourth-order valence-corrected chi connectivity index (χ4v) is 2.73. The molecule has 1 heterocycles. The van der Waals surface area contributed by atoms with Gasteiger partial charge in [0.1, 0.15) is 17.2 Å². The lowest BCUT2D eigenvalue weighted by molar-refractivity contribution is 0.277. The van der Waals surface area contributed by atoms with Gasteiger partial charge in [0, 0.05) is 25.2 Å². The Morgan fingerprint density at radius 1 is 1.12 bits per heavy atom. The zero-order chi connectivity index (χ0) is 16.8. The van der Waals surface area contributed by atoms with E-state index in [1.807, 2.05) is 12.1 Å². The van der Waals surface area contributed by atoms with Gasteiger partial charge in [0.2, 0.25) is 0 Å². The molecule has 0 unspecified atom stereocenters. The van der Waals surface area contributed by atoms with Gasteiger partial charge in [-0.3, -0.25) is 0 Å². The molecule has 1 aliphatic rings. The van der Waals surface area contributed by atoms with Crippen molar-refractivity contribution in [2.45, 2.75) is 26.3 Å². The van der Waals surface area contributed by atoms with E-state index in [0.717, 1.165) is 37.4 Å². The topological polar surface area (TPSA) is 69.3 Å². The van der Waals surface area contributed by atoms with Crippen molar-refractivity contribution >= 4 is 29.9 Å². The Morgan fingerprint density at radius 3 is 2.12 bits per heavy atom. The summed E-state index contributed by atoms with van der Waals surface area (Å²) in [7, 11) is 4.86. The first-order valence-electron chi connectivity index (χ1n) is 7.92. The summed E-state index contributed by atoms with van der Waals surface area (Å²) < 4.78 is 16.1. The van der Waals surface area contributed by atoms with E-state index in [2.05, 4.69) is 16.8 Å². The summed E-state index contributed by atoms with van der Waals surface area (Å²) in [6.07, 6.45) is 2.32. The molecule has 0 aliphatic carbocycles. The van der Waals surface area contributed by atoms with Crippen molar-refractivity contribution in [2.24, 2.45) is 16.6 Å². The average Bonchev–Trinajstić information content (AvgIpc) is 2.59. The number of likely N-dealkylation sites (tertiary alicyclic amines) is 1. The number of piperidine rings is 1. The van der Waals surface area contributed by atoms with Gasteiger partial charge in [0.25, 0.3) is 0 Å². The van der Waals surface area contributed by atoms with Crippen LogP contribution < -0.4 is 19.9 Å². The SMILES string of the molecule is COc1cc(OC)c(CN=C(N)N2CCC(C)CC2)c(OC)c1.I. The summed E-state index contributed by atoms with van der Waals surface area (Å²) >= 11 is 0. The zero-order valence-electron chi connectivity index (χ0n) is 14.9. The average molecular weight is 449 g/mol. The van der Waals surface area contributed by atoms with Crippen molar-refractivity contribution in [3.05, 3.63) is 17.7 Å². The number of aliphatic imine (C=N–C) groups is 1. The van der Waals surface area contributed by atoms with E-state index in [0.29, 0.717) is 29.8 Å². The minimum absolute atomic E-state index is 0. The first-order valence-corrected chi connectivity index (χ1v) is 7.92. The first kappa shape index (κ1) is 20.7. The van der Waals surface area contributed by atoms with Crippen LogP contribution in [0.5, 0.6) is 17.2 Å². The molecule has 6 nitrogen and oxygen atoms in total. The highest BCUT2D eigenvalue weighted by atomic mass is 127. The van der Waals surface area contributed by atoms with Crippen LogP contribution in [0.15, 0.2) is 17.1 Å². The highest BCUT2D eigenvalue weighted by Gasteiger charge is 2.18. The second-order valence-electron chi connectivity index (χ2n) is 5.85. The lowest BCUT2D eigenvalue weighted by Crippen LogP contribution is -2.42. The van der Waals surface area contributed by atoms with Crippen LogP contribution in [0.2, 0.25) is 0 Å². The molecule has 0 amide bonds. The monoisotopic (exact) mass is 449 g/mol. The Balaban J connectivity index is 0.00000288. The Kier molecular flexibility index (Phi) is 8.44. The molecule has 1 saturated heterocycles. The number of halogens is 1. The third-order valence-corrected chi connectivity index (χ3v) is 4.32. The van der Waals surface area contributed by atoms with Crippen molar-refractivity contribution in [3.63, 3.8) is 0 Å². The van der Waals surface area contributed by atoms with Crippen LogP contribution in [0.4, 0.5) is 0 Å². The van der Waals surface area contributed by atoms with E-state index < -0.39 is 0 Å². The summed E-state index contributed by atoms with van der Waals surface area (Å²) in [5.74, 6) is 3.40. The van der Waals surface area contributed by atoms with E-state index in [1.54, 1.807) is 21.3 Å². The number of nitrogens with zero attached hydrogens (tertiary/aromatic N) is 2. The van der Waals surface area contributed by atoms with E-state index >= 15 is 0 Å². The molecule has 24 heavy (non-hydrogen) atoms. The fraction of sp³-hybridized carbons (Fsp3) is 0.588. The minimum atomic E-state index is 0. The molecule has 1 aromatic carbocycles. The summed E-state index contributed by atoms with van der Waals surface area (Å²) in [5, 5.41) is 0. The molecule has 1 fully saturated rings. The van der Waals surface area contributed by atoms with E-state index in [9.17, 15) is 0 Å². The number of benzene rings is 1. The predicted molar refractivity (Wildman–Crippen MR) is 107 cm³/mol. The Labute approximate surface area is 161 Å². The van der Waals surface area contributed by atoms with Crippen molar-refractivity contribution in [1.29, 1.82) is 0 Å². The van der Waals surface area contributed by atoms with E-state index in [1.165, 1.54) is 0 Å². The van der Waals surface area contributed by atoms with E-state index in [-0.39, 0.29) is 24.0 Å². The highest BCUT2D eigenvalue weighted by Crippen LogP contribution is 2.34. The number of hydrogen-bond acceptors (Lipinski definition) is 4. The molecular weight excluding hydrogens is 421 g/mol. The van der Waals surface area contributed by atoms with Crippen LogP contribution in [0.3, 0.4) is 0 Å². The second-order valence-corrected chi connectivity index (χ2v) is 5.85. The number of methoxy groups -OCH3 is 3. The van der Waals surface area contributed by atoms with Gasteiger partial charge in [-0.15, -0.1) is 24.0 Å². The number of ether oxygens (including phenoxy) is 3. The standard InChI is InChI=1S/C17H27N3O3.HI/c1-12-5-7-20(8-6-12)17(18)19-11-14-15(22-3)9-13(21-2)10-16(14)23-4;/h9-10,12H,5-8,11H2,1-4H3,(H2,18,19);1H. The second kappa shape index (κ2) is 9.80. The van der Waals surface area contributed by atoms with Crippen molar-refractivity contribution in [3.8, 4) is 17.2 Å². The third kappa shape index (κ3) is 5.06. The lowest BCUT2D eigenvalue weighted by atomic mass is 10.00. The third-order valence-electron chi connectivity index (χ3n) is 4.32. The zero-order valence-corrected chi connectivity index (χ0v) is 17.2. The summed E-state index contributed by atoms with van der Waals surface area (Å²) in [5.41, 5.74) is 7.02. The molecule has 2 N–H and O–H groups in total. The van der Waals surface area contributed by atoms with Gasteiger partial charge < -0.3 is 24.8 Å².